The van der Waals surface area contributed by atoms with Crippen molar-refractivity contribution in [1.29, 1.82) is 0 Å². The molecule has 0 bridgehead atoms. The number of aliphatic hydroxyl groups excluding tert-OH is 1. The highest BCUT2D eigenvalue weighted by molar-refractivity contribution is 7.99. The minimum atomic E-state index is -0.191. The molecule has 1 N–H and O–H groups in total. The predicted octanol–water partition coefficient (Wildman–Crippen LogP) is 1.75. The fourth-order valence-corrected chi connectivity index (χ4v) is 3.05. The van der Waals surface area contributed by atoms with Crippen molar-refractivity contribution >= 4 is 11.8 Å². The second-order valence-corrected chi connectivity index (χ2v) is 5.13. The molecule has 1 aliphatic rings. The Kier molecular flexibility index (Phi) is 5.60. The number of allylic oxidation sites excluding steroid dienone is 1. The SMILES string of the molecule is C=CCCC(O)CN(C)C1CCSC1. The minimum absolute atomic E-state index is 0.191. The molecule has 0 saturated carbocycles. The Labute approximate surface area is 91.4 Å². The molecule has 0 spiro atoms. The Balaban J connectivity index is 2.17. The number of thioether (sulfide) groups is 1. The number of likely N-dealkylation sites (N-methyl/N-ethyl adjacent to an activating group) is 1. The fraction of sp³-hybridized carbons (Fsp3) is 0.818. The Hall–Kier alpha value is 0.0100. The van der Waals surface area contributed by atoms with E-state index in [9.17, 15) is 5.11 Å². The van der Waals surface area contributed by atoms with Crippen molar-refractivity contribution in [3.63, 3.8) is 0 Å². The lowest BCUT2D eigenvalue weighted by molar-refractivity contribution is 0.103. The topological polar surface area (TPSA) is 23.5 Å². The summed E-state index contributed by atoms with van der Waals surface area (Å²) >= 11 is 2.02. The van der Waals surface area contributed by atoms with Gasteiger partial charge < -0.3 is 10.0 Å². The third-order valence-electron chi connectivity index (χ3n) is 2.73. The van der Waals surface area contributed by atoms with E-state index in [1.807, 2.05) is 17.8 Å². The zero-order chi connectivity index (χ0) is 10.4. The molecular formula is C11H21NOS. The highest BCUT2D eigenvalue weighted by Gasteiger charge is 2.21. The molecule has 0 aromatic rings. The molecular weight excluding hydrogens is 194 g/mol. The summed E-state index contributed by atoms with van der Waals surface area (Å²) in [5.74, 6) is 2.50. The minimum Gasteiger partial charge on any atom is -0.392 e. The van der Waals surface area contributed by atoms with Crippen LogP contribution >= 0.6 is 11.8 Å². The molecule has 0 radical (unpaired) electrons. The van der Waals surface area contributed by atoms with E-state index >= 15 is 0 Å². The maximum atomic E-state index is 9.71. The number of hydrogen-bond acceptors (Lipinski definition) is 3. The lowest BCUT2D eigenvalue weighted by atomic mass is 10.1. The van der Waals surface area contributed by atoms with Crippen molar-refractivity contribution in [2.45, 2.75) is 31.4 Å². The van der Waals surface area contributed by atoms with E-state index in [4.69, 9.17) is 0 Å². The summed E-state index contributed by atoms with van der Waals surface area (Å²) in [5.41, 5.74) is 0. The van der Waals surface area contributed by atoms with E-state index in [1.54, 1.807) is 0 Å². The molecule has 1 aliphatic heterocycles. The van der Waals surface area contributed by atoms with Crippen LogP contribution in [0.4, 0.5) is 0 Å². The van der Waals surface area contributed by atoms with Gasteiger partial charge in [0.25, 0.3) is 0 Å². The van der Waals surface area contributed by atoms with Crippen molar-refractivity contribution in [2.75, 3.05) is 25.1 Å². The van der Waals surface area contributed by atoms with Gasteiger partial charge in [-0.15, -0.1) is 6.58 Å². The van der Waals surface area contributed by atoms with E-state index in [-0.39, 0.29) is 6.10 Å². The lowest BCUT2D eigenvalue weighted by Gasteiger charge is -2.25. The Morgan fingerprint density at radius 1 is 1.71 bits per heavy atom. The van der Waals surface area contributed by atoms with E-state index < -0.39 is 0 Å². The van der Waals surface area contributed by atoms with Crippen molar-refractivity contribution in [3.05, 3.63) is 12.7 Å². The van der Waals surface area contributed by atoms with E-state index in [2.05, 4.69) is 18.5 Å². The molecule has 0 aromatic heterocycles. The van der Waals surface area contributed by atoms with Crippen LogP contribution in [0.2, 0.25) is 0 Å². The quantitative estimate of drug-likeness (QED) is 0.683. The monoisotopic (exact) mass is 215 g/mol. The van der Waals surface area contributed by atoms with Crippen LogP contribution in [0.3, 0.4) is 0 Å². The van der Waals surface area contributed by atoms with E-state index in [1.165, 1.54) is 17.9 Å². The van der Waals surface area contributed by atoms with Crippen LogP contribution in [0.1, 0.15) is 19.3 Å². The van der Waals surface area contributed by atoms with Crippen LogP contribution < -0.4 is 0 Å². The van der Waals surface area contributed by atoms with Crippen LogP contribution in [0.15, 0.2) is 12.7 Å². The molecule has 0 aliphatic carbocycles. The third-order valence-corrected chi connectivity index (χ3v) is 3.88. The van der Waals surface area contributed by atoms with Crippen molar-refractivity contribution in [3.8, 4) is 0 Å². The number of hydrogen-bond donors (Lipinski definition) is 1. The Bertz CT molecular complexity index is 169. The van der Waals surface area contributed by atoms with Gasteiger partial charge in [0.05, 0.1) is 6.10 Å². The Morgan fingerprint density at radius 2 is 2.50 bits per heavy atom. The standard InChI is InChI=1S/C11H21NOS/c1-3-4-5-11(13)8-12(2)10-6-7-14-9-10/h3,10-11,13H,1,4-9H2,2H3. The summed E-state index contributed by atoms with van der Waals surface area (Å²) in [6, 6.07) is 0.679. The average molecular weight is 215 g/mol. The molecule has 82 valence electrons. The van der Waals surface area contributed by atoms with Gasteiger partial charge in [0, 0.05) is 18.3 Å². The van der Waals surface area contributed by atoms with Gasteiger partial charge in [0.15, 0.2) is 0 Å². The molecule has 1 rings (SSSR count). The normalized spacial score (nSPS) is 24.1. The van der Waals surface area contributed by atoms with Crippen LogP contribution in [0.25, 0.3) is 0 Å². The van der Waals surface area contributed by atoms with Gasteiger partial charge in [-0.05, 0) is 32.1 Å². The van der Waals surface area contributed by atoms with Gasteiger partial charge in [0.2, 0.25) is 0 Å². The molecule has 0 aromatic carbocycles. The molecule has 2 atom stereocenters. The molecule has 14 heavy (non-hydrogen) atoms. The summed E-state index contributed by atoms with van der Waals surface area (Å²) in [7, 11) is 2.12. The number of aliphatic hydroxyl groups is 1. The van der Waals surface area contributed by atoms with Gasteiger partial charge in [-0.3, -0.25) is 0 Å². The summed E-state index contributed by atoms with van der Waals surface area (Å²) in [6.07, 6.45) is 4.70. The second-order valence-electron chi connectivity index (χ2n) is 3.98. The summed E-state index contributed by atoms with van der Waals surface area (Å²) < 4.78 is 0. The zero-order valence-corrected chi connectivity index (χ0v) is 9.80. The molecule has 3 heteroatoms. The molecule has 1 fully saturated rings. The largest absolute Gasteiger partial charge is 0.392 e. The van der Waals surface area contributed by atoms with Crippen LogP contribution in [0, 0.1) is 0 Å². The first-order valence-electron chi connectivity index (χ1n) is 5.31. The van der Waals surface area contributed by atoms with Crippen molar-refractivity contribution in [2.24, 2.45) is 0 Å². The van der Waals surface area contributed by atoms with Gasteiger partial charge in [0.1, 0.15) is 0 Å². The van der Waals surface area contributed by atoms with Crippen molar-refractivity contribution in [1.82, 2.24) is 4.90 Å². The predicted molar refractivity (Wildman–Crippen MR) is 63.8 cm³/mol. The van der Waals surface area contributed by atoms with Crippen molar-refractivity contribution < 1.29 is 5.11 Å². The first-order chi connectivity index (χ1) is 6.74. The Morgan fingerprint density at radius 3 is 3.07 bits per heavy atom. The molecule has 1 heterocycles. The van der Waals surface area contributed by atoms with Gasteiger partial charge in [-0.25, -0.2) is 0 Å². The number of rotatable bonds is 6. The first-order valence-corrected chi connectivity index (χ1v) is 6.46. The first kappa shape index (κ1) is 12.1. The summed E-state index contributed by atoms with van der Waals surface area (Å²) in [6.45, 7) is 4.47. The fourth-order valence-electron chi connectivity index (χ4n) is 1.75. The third kappa shape index (κ3) is 4.03. The summed E-state index contributed by atoms with van der Waals surface area (Å²) in [5, 5.41) is 9.71. The van der Waals surface area contributed by atoms with Crippen LogP contribution in [-0.4, -0.2) is 47.3 Å². The molecule has 1 saturated heterocycles. The van der Waals surface area contributed by atoms with E-state index in [0.717, 1.165) is 19.4 Å². The van der Waals surface area contributed by atoms with E-state index in [0.29, 0.717) is 6.04 Å². The maximum Gasteiger partial charge on any atom is 0.0670 e. The smallest absolute Gasteiger partial charge is 0.0670 e. The van der Waals surface area contributed by atoms with Crippen LogP contribution in [-0.2, 0) is 0 Å². The highest BCUT2D eigenvalue weighted by atomic mass is 32.2. The zero-order valence-electron chi connectivity index (χ0n) is 8.98. The summed E-state index contributed by atoms with van der Waals surface area (Å²) in [4.78, 5) is 2.30. The van der Waals surface area contributed by atoms with Gasteiger partial charge in [-0.2, -0.15) is 11.8 Å². The number of nitrogens with zero attached hydrogens (tertiary/aromatic N) is 1. The molecule has 0 amide bonds. The highest BCUT2D eigenvalue weighted by Crippen LogP contribution is 2.21. The molecule has 2 nitrogen and oxygen atoms in total. The van der Waals surface area contributed by atoms with Crippen LogP contribution in [0.5, 0.6) is 0 Å². The van der Waals surface area contributed by atoms with Gasteiger partial charge in [-0.1, -0.05) is 6.08 Å². The van der Waals surface area contributed by atoms with Gasteiger partial charge >= 0.3 is 0 Å². The average Bonchev–Trinajstić information content (AvgIpc) is 2.67. The molecule has 2 unspecified atom stereocenters. The lowest BCUT2D eigenvalue weighted by Crippen LogP contribution is -2.37. The maximum absolute atomic E-state index is 9.71. The second kappa shape index (κ2) is 6.49.